The fourth-order valence-corrected chi connectivity index (χ4v) is 5.83. The summed E-state index contributed by atoms with van der Waals surface area (Å²) in [6.45, 7) is 6.40. The van der Waals surface area contributed by atoms with E-state index in [1.807, 2.05) is 44.9 Å². The first-order valence-corrected chi connectivity index (χ1v) is 11.9. The lowest BCUT2D eigenvalue weighted by atomic mass is 9.94. The molecule has 0 radical (unpaired) electrons. The molecule has 0 saturated carbocycles. The molecule has 34 heavy (non-hydrogen) atoms. The van der Waals surface area contributed by atoms with Crippen molar-refractivity contribution in [1.82, 2.24) is 14.9 Å². The summed E-state index contributed by atoms with van der Waals surface area (Å²) in [7, 11) is 2.04. The van der Waals surface area contributed by atoms with Crippen LogP contribution in [-0.4, -0.2) is 45.7 Å². The monoisotopic (exact) mass is 460 g/mol. The summed E-state index contributed by atoms with van der Waals surface area (Å²) in [5.74, 6) is -0.245. The second kappa shape index (κ2) is 7.32. The van der Waals surface area contributed by atoms with Gasteiger partial charge < -0.3 is 14.6 Å². The maximum absolute atomic E-state index is 14.2. The number of carbonyl (C=O) groups is 1. The van der Waals surface area contributed by atoms with Crippen LogP contribution in [0.25, 0.3) is 27.7 Å². The van der Waals surface area contributed by atoms with Gasteiger partial charge in [-0.15, -0.1) is 0 Å². The molecule has 7 heteroatoms. The summed E-state index contributed by atoms with van der Waals surface area (Å²) in [4.78, 5) is 25.2. The third-order valence-electron chi connectivity index (χ3n) is 7.17. The summed E-state index contributed by atoms with van der Waals surface area (Å²) in [5.41, 5.74) is 6.66. The second-order valence-electron chi connectivity index (χ2n) is 10.7. The molecule has 3 aliphatic heterocycles. The number of aromatic amines is 1. The zero-order valence-electron chi connectivity index (χ0n) is 20.0. The molecule has 0 spiro atoms. The van der Waals surface area contributed by atoms with E-state index in [0.717, 1.165) is 52.8 Å². The van der Waals surface area contributed by atoms with Gasteiger partial charge in [0.25, 0.3) is 0 Å². The molecule has 1 N–H and O–H groups in total. The molecule has 5 heterocycles. The number of anilines is 1. The van der Waals surface area contributed by atoms with Gasteiger partial charge in [0.05, 0.1) is 6.04 Å². The first-order chi connectivity index (χ1) is 16.2. The van der Waals surface area contributed by atoms with Gasteiger partial charge in [0.2, 0.25) is 0 Å². The number of amides is 1. The fraction of sp³-hybridized carbons (Fsp3) is 0.407. The van der Waals surface area contributed by atoms with Crippen LogP contribution in [-0.2, 0) is 11.3 Å². The average molecular weight is 461 g/mol. The van der Waals surface area contributed by atoms with Gasteiger partial charge in [0.1, 0.15) is 17.1 Å². The third-order valence-corrected chi connectivity index (χ3v) is 7.17. The summed E-state index contributed by atoms with van der Waals surface area (Å²) >= 11 is 0. The summed E-state index contributed by atoms with van der Waals surface area (Å²) in [5, 5.41) is 1.05. The number of hydrogen-bond donors (Lipinski definition) is 1. The van der Waals surface area contributed by atoms with Crippen LogP contribution in [0, 0.1) is 5.82 Å². The van der Waals surface area contributed by atoms with E-state index in [0.29, 0.717) is 6.54 Å². The molecule has 2 atom stereocenters. The molecule has 6 rings (SSSR count). The molecule has 0 aliphatic carbocycles. The number of H-pyrrole nitrogens is 1. The molecular weight excluding hydrogens is 431 g/mol. The summed E-state index contributed by atoms with van der Waals surface area (Å²) in [6, 6.07) is 7.12. The van der Waals surface area contributed by atoms with Gasteiger partial charge in [0, 0.05) is 53.7 Å². The first kappa shape index (κ1) is 21.2. The molecular formula is C27H29FN4O2. The Hall–Kier alpha value is -3.35. The lowest BCUT2D eigenvalue weighted by Crippen LogP contribution is -2.45. The highest BCUT2D eigenvalue weighted by molar-refractivity contribution is 6.02. The van der Waals surface area contributed by atoms with E-state index in [1.54, 1.807) is 12.3 Å². The van der Waals surface area contributed by atoms with Crippen molar-refractivity contribution in [3.8, 4) is 11.1 Å². The molecule has 2 aromatic heterocycles. The van der Waals surface area contributed by atoms with E-state index < -0.39 is 5.60 Å². The SMILES string of the molecule is CN1Cc2c(C3=C[C@H]4CC[C@@H](C3)N4C(=O)OC(C)(C)C)[nH]c3nccc(c23)-c2cc(F)ccc21. The number of hydrogen-bond acceptors (Lipinski definition) is 4. The number of pyridine rings is 1. The van der Waals surface area contributed by atoms with Crippen molar-refractivity contribution in [1.29, 1.82) is 0 Å². The van der Waals surface area contributed by atoms with Crippen LogP contribution in [0.2, 0.25) is 0 Å². The van der Waals surface area contributed by atoms with Crippen molar-refractivity contribution in [2.24, 2.45) is 0 Å². The zero-order valence-corrected chi connectivity index (χ0v) is 20.0. The first-order valence-electron chi connectivity index (χ1n) is 11.9. The Bertz CT molecular complexity index is 1350. The third kappa shape index (κ3) is 3.29. The van der Waals surface area contributed by atoms with Crippen LogP contribution >= 0.6 is 0 Å². The van der Waals surface area contributed by atoms with Gasteiger partial charge in [-0.3, -0.25) is 4.90 Å². The molecule has 176 valence electrons. The fourth-order valence-electron chi connectivity index (χ4n) is 5.83. The van der Waals surface area contributed by atoms with Crippen LogP contribution in [0.5, 0.6) is 0 Å². The van der Waals surface area contributed by atoms with Crippen LogP contribution in [0.4, 0.5) is 14.9 Å². The van der Waals surface area contributed by atoms with Gasteiger partial charge in [-0.05, 0) is 75.4 Å². The minimum Gasteiger partial charge on any atom is -0.444 e. The molecule has 1 fully saturated rings. The number of fused-ring (bicyclic) bond motifs is 4. The van der Waals surface area contributed by atoms with E-state index in [9.17, 15) is 9.18 Å². The lowest BCUT2D eigenvalue weighted by molar-refractivity contribution is 0.0175. The smallest absolute Gasteiger partial charge is 0.411 e. The van der Waals surface area contributed by atoms with Crippen molar-refractivity contribution < 1.29 is 13.9 Å². The van der Waals surface area contributed by atoms with Crippen LogP contribution in [0.1, 0.15) is 51.3 Å². The van der Waals surface area contributed by atoms with E-state index in [1.165, 1.54) is 17.2 Å². The highest BCUT2D eigenvalue weighted by atomic mass is 19.1. The number of benzene rings is 1. The molecule has 1 saturated heterocycles. The van der Waals surface area contributed by atoms with Gasteiger partial charge in [-0.1, -0.05) is 6.08 Å². The minimum absolute atomic E-state index is 0.0319. The Morgan fingerprint density at radius 1 is 1.21 bits per heavy atom. The predicted octanol–water partition coefficient (Wildman–Crippen LogP) is 5.87. The van der Waals surface area contributed by atoms with E-state index in [-0.39, 0.29) is 24.0 Å². The number of ether oxygens (including phenoxy) is 1. The molecule has 1 aromatic carbocycles. The Kier molecular flexibility index (Phi) is 4.57. The molecule has 1 amide bonds. The number of rotatable bonds is 1. The van der Waals surface area contributed by atoms with E-state index >= 15 is 0 Å². The quantitative estimate of drug-likeness (QED) is 0.493. The van der Waals surface area contributed by atoms with Crippen LogP contribution < -0.4 is 4.90 Å². The number of nitrogens with zero attached hydrogens (tertiary/aromatic N) is 3. The zero-order chi connectivity index (χ0) is 23.8. The topological polar surface area (TPSA) is 61.5 Å². The summed E-state index contributed by atoms with van der Waals surface area (Å²) in [6.07, 6.45) is 6.46. The van der Waals surface area contributed by atoms with Crippen molar-refractivity contribution in [3.05, 3.63) is 53.6 Å². The van der Waals surface area contributed by atoms with Gasteiger partial charge in [0.15, 0.2) is 0 Å². The average Bonchev–Trinajstić information content (AvgIpc) is 3.22. The summed E-state index contributed by atoms with van der Waals surface area (Å²) < 4.78 is 19.9. The van der Waals surface area contributed by atoms with Gasteiger partial charge in [-0.2, -0.15) is 0 Å². The maximum Gasteiger partial charge on any atom is 0.411 e. The van der Waals surface area contributed by atoms with Crippen LogP contribution in [0.3, 0.4) is 0 Å². The highest BCUT2D eigenvalue weighted by Crippen LogP contribution is 2.45. The Balaban J connectivity index is 1.44. The molecule has 3 aromatic rings. The Morgan fingerprint density at radius 3 is 2.79 bits per heavy atom. The van der Waals surface area contributed by atoms with Crippen LogP contribution in [0.15, 0.2) is 36.5 Å². The van der Waals surface area contributed by atoms with Gasteiger partial charge >= 0.3 is 6.09 Å². The number of halogens is 1. The second-order valence-corrected chi connectivity index (χ2v) is 10.7. The van der Waals surface area contributed by atoms with Crippen molar-refractivity contribution in [2.75, 3.05) is 11.9 Å². The number of carbonyl (C=O) groups excluding carboxylic acids is 1. The highest BCUT2D eigenvalue weighted by Gasteiger charge is 2.42. The van der Waals surface area contributed by atoms with Crippen molar-refractivity contribution >= 4 is 28.4 Å². The number of nitrogens with one attached hydrogen (secondary N) is 1. The lowest BCUT2D eigenvalue weighted by Gasteiger charge is -2.35. The molecule has 3 aliphatic rings. The standard InChI is InChI=1S/C27H29FN4O2/c1-27(2,3)34-26(33)32-17-6-7-18(32)12-15(11-17)24-21-14-31(4)22-8-5-16(28)13-20(22)19-9-10-29-25(30-24)23(19)21/h5,8-11,13,17-18H,6-7,12,14H2,1-4H3,(H,29,30)/t17-,18+/m1/s1. The van der Waals surface area contributed by atoms with E-state index in [2.05, 4.69) is 20.9 Å². The van der Waals surface area contributed by atoms with E-state index in [4.69, 9.17) is 4.74 Å². The largest absolute Gasteiger partial charge is 0.444 e. The van der Waals surface area contributed by atoms with Crippen molar-refractivity contribution in [2.45, 2.75) is 64.3 Å². The minimum atomic E-state index is -0.513. The normalized spacial score (nSPS) is 21.4. The Labute approximate surface area is 198 Å². The van der Waals surface area contributed by atoms with Gasteiger partial charge in [-0.25, -0.2) is 14.2 Å². The molecule has 2 bridgehead atoms. The Morgan fingerprint density at radius 2 is 2.03 bits per heavy atom. The molecule has 0 unspecified atom stereocenters. The maximum atomic E-state index is 14.2. The predicted molar refractivity (Wildman–Crippen MR) is 131 cm³/mol. The van der Waals surface area contributed by atoms with Crippen molar-refractivity contribution in [3.63, 3.8) is 0 Å². The number of aromatic nitrogens is 2. The molecule has 6 nitrogen and oxygen atoms in total.